The number of hydrogen-bond acceptors (Lipinski definition) is 4. The molecule has 0 radical (unpaired) electrons. The van der Waals surface area contributed by atoms with Gasteiger partial charge >= 0.3 is 0 Å². The quantitative estimate of drug-likeness (QED) is 0.889. The number of rotatable bonds is 2. The van der Waals surface area contributed by atoms with Crippen LogP contribution in [0.2, 0.25) is 0 Å². The molecule has 6 heteroatoms. The Morgan fingerprint density at radius 1 is 1.36 bits per heavy atom. The standard InChI is InChI=1S/C16H19N3O3/c1-11-4-6-18(9-14(11)19-7-5-17-10-19)16(22)13-3-2-12(20)8-15(13)21/h2-3,5,7-8,10-11,14,20-21H,4,6,9H2,1H3/t11-,14-/m1/s1. The summed E-state index contributed by atoms with van der Waals surface area (Å²) in [5.41, 5.74) is 0.219. The number of carbonyl (C=O) groups is 1. The summed E-state index contributed by atoms with van der Waals surface area (Å²) in [6.07, 6.45) is 6.31. The molecule has 1 aromatic carbocycles. The molecule has 1 saturated heterocycles. The molecule has 2 heterocycles. The fraction of sp³-hybridized carbons (Fsp3) is 0.375. The first-order chi connectivity index (χ1) is 10.6. The van der Waals surface area contributed by atoms with Crippen molar-refractivity contribution in [2.75, 3.05) is 13.1 Å². The fourth-order valence-corrected chi connectivity index (χ4v) is 2.96. The third kappa shape index (κ3) is 2.64. The summed E-state index contributed by atoms with van der Waals surface area (Å²) in [7, 11) is 0. The lowest BCUT2D eigenvalue weighted by Gasteiger charge is -2.37. The van der Waals surface area contributed by atoms with Crippen molar-refractivity contribution in [3.05, 3.63) is 42.5 Å². The molecule has 0 aliphatic carbocycles. The first kappa shape index (κ1) is 14.4. The molecular weight excluding hydrogens is 282 g/mol. The van der Waals surface area contributed by atoms with E-state index < -0.39 is 0 Å². The average Bonchev–Trinajstić information content (AvgIpc) is 3.01. The largest absolute Gasteiger partial charge is 0.508 e. The molecule has 3 rings (SSSR count). The van der Waals surface area contributed by atoms with E-state index in [0.29, 0.717) is 19.0 Å². The van der Waals surface area contributed by atoms with Crippen molar-refractivity contribution in [3.8, 4) is 11.5 Å². The summed E-state index contributed by atoms with van der Waals surface area (Å²) < 4.78 is 2.03. The van der Waals surface area contributed by atoms with Crippen LogP contribution in [0.3, 0.4) is 0 Å². The van der Waals surface area contributed by atoms with Crippen LogP contribution in [0.1, 0.15) is 29.7 Å². The number of phenols is 2. The maximum atomic E-state index is 12.6. The van der Waals surface area contributed by atoms with Gasteiger partial charge in [-0.2, -0.15) is 0 Å². The van der Waals surface area contributed by atoms with E-state index in [1.165, 1.54) is 18.2 Å². The van der Waals surface area contributed by atoms with Crippen molar-refractivity contribution < 1.29 is 15.0 Å². The Kier molecular flexibility index (Phi) is 3.75. The second-order valence-electron chi connectivity index (χ2n) is 5.80. The summed E-state index contributed by atoms with van der Waals surface area (Å²) in [6, 6.07) is 4.23. The van der Waals surface area contributed by atoms with E-state index in [4.69, 9.17) is 0 Å². The Bertz CT molecular complexity index is 669. The number of hydrogen-bond donors (Lipinski definition) is 2. The normalized spacial score (nSPS) is 21.8. The van der Waals surface area contributed by atoms with Gasteiger partial charge < -0.3 is 19.7 Å². The molecule has 116 valence electrons. The van der Waals surface area contributed by atoms with Gasteiger partial charge in [0.05, 0.1) is 17.9 Å². The molecule has 2 N–H and O–H groups in total. The number of imidazole rings is 1. The maximum Gasteiger partial charge on any atom is 0.257 e. The molecule has 2 aromatic rings. The SMILES string of the molecule is C[C@@H]1CCN(C(=O)c2ccc(O)cc2O)C[C@H]1n1ccnc1. The summed E-state index contributed by atoms with van der Waals surface area (Å²) in [4.78, 5) is 18.4. The molecule has 2 atom stereocenters. The minimum absolute atomic E-state index is 0.0578. The van der Waals surface area contributed by atoms with Crippen LogP contribution in [0.25, 0.3) is 0 Å². The monoisotopic (exact) mass is 301 g/mol. The third-order valence-electron chi connectivity index (χ3n) is 4.33. The number of carbonyl (C=O) groups excluding carboxylic acids is 1. The summed E-state index contributed by atoms with van der Waals surface area (Å²) in [5, 5.41) is 19.2. The molecule has 1 fully saturated rings. The van der Waals surface area contributed by atoms with Crippen molar-refractivity contribution in [3.63, 3.8) is 0 Å². The van der Waals surface area contributed by atoms with E-state index in [9.17, 15) is 15.0 Å². The number of nitrogens with zero attached hydrogens (tertiary/aromatic N) is 3. The number of piperidine rings is 1. The van der Waals surface area contributed by atoms with Gasteiger partial charge in [-0.1, -0.05) is 6.92 Å². The number of likely N-dealkylation sites (tertiary alicyclic amines) is 1. The highest BCUT2D eigenvalue weighted by atomic mass is 16.3. The fourth-order valence-electron chi connectivity index (χ4n) is 2.96. The zero-order valence-corrected chi connectivity index (χ0v) is 12.4. The highest BCUT2D eigenvalue weighted by Crippen LogP contribution is 2.30. The van der Waals surface area contributed by atoms with Crippen LogP contribution in [-0.2, 0) is 0 Å². The van der Waals surface area contributed by atoms with Gasteiger partial charge in [0, 0.05) is 31.5 Å². The van der Waals surface area contributed by atoms with Crippen LogP contribution < -0.4 is 0 Å². The molecular formula is C16H19N3O3. The second-order valence-corrected chi connectivity index (χ2v) is 5.80. The maximum absolute atomic E-state index is 12.6. The van der Waals surface area contributed by atoms with Crippen molar-refractivity contribution in [2.24, 2.45) is 5.92 Å². The molecule has 1 aliphatic rings. The predicted octanol–water partition coefficient (Wildman–Crippen LogP) is 2.02. The van der Waals surface area contributed by atoms with E-state index in [1.807, 2.05) is 10.8 Å². The Morgan fingerprint density at radius 3 is 2.86 bits per heavy atom. The van der Waals surface area contributed by atoms with Gasteiger partial charge in [0.15, 0.2) is 0 Å². The Labute approximate surface area is 128 Å². The van der Waals surface area contributed by atoms with Crippen LogP contribution in [0.5, 0.6) is 11.5 Å². The highest BCUT2D eigenvalue weighted by Gasteiger charge is 2.31. The lowest BCUT2D eigenvalue weighted by atomic mass is 9.92. The first-order valence-corrected chi connectivity index (χ1v) is 7.35. The van der Waals surface area contributed by atoms with Gasteiger partial charge in [0.25, 0.3) is 5.91 Å². The van der Waals surface area contributed by atoms with Crippen LogP contribution >= 0.6 is 0 Å². The van der Waals surface area contributed by atoms with Gasteiger partial charge in [-0.25, -0.2) is 4.98 Å². The molecule has 22 heavy (non-hydrogen) atoms. The van der Waals surface area contributed by atoms with Gasteiger partial charge in [-0.05, 0) is 24.5 Å². The number of aromatic hydroxyl groups is 2. The average molecular weight is 301 g/mol. The predicted molar refractivity (Wildman–Crippen MR) is 80.7 cm³/mol. The minimum atomic E-state index is -0.213. The van der Waals surface area contributed by atoms with E-state index >= 15 is 0 Å². The van der Waals surface area contributed by atoms with Crippen molar-refractivity contribution in [2.45, 2.75) is 19.4 Å². The van der Waals surface area contributed by atoms with E-state index in [1.54, 1.807) is 17.4 Å². The summed E-state index contributed by atoms with van der Waals surface area (Å²) in [5.74, 6) is -0.0124. The molecule has 6 nitrogen and oxygen atoms in total. The second kappa shape index (κ2) is 5.71. The molecule has 1 aliphatic heterocycles. The van der Waals surface area contributed by atoms with Crippen LogP contribution in [-0.4, -0.2) is 43.7 Å². The molecule has 0 saturated carbocycles. The molecule has 0 unspecified atom stereocenters. The lowest BCUT2D eigenvalue weighted by molar-refractivity contribution is 0.0618. The Morgan fingerprint density at radius 2 is 2.18 bits per heavy atom. The van der Waals surface area contributed by atoms with Crippen molar-refractivity contribution in [1.29, 1.82) is 0 Å². The smallest absolute Gasteiger partial charge is 0.257 e. The first-order valence-electron chi connectivity index (χ1n) is 7.35. The number of phenolic OH excluding ortho intramolecular Hbond substituents is 2. The van der Waals surface area contributed by atoms with Crippen molar-refractivity contribution >= 4 is 5.91 Å². The number of benzene rings is 1. The van der Waals surface area contributed by atoms with E-state index in [-0.39, 0.29) is 29.0 Å². The van der Waals surface area contributed by atoms with Crippen LogP contribution in [0.15, 0.2) is 36.9 Å². The van der Waals surface area contributed by atoms with Crippen LogP contribution in [0, 0.1) is 5.92 Å². The van der Waals surface area contributed by atoms with Gasteiger partial charge in [-0.3, -0.25) is 4.79 Å². The Hall–Kier alpha value is -2.50. The van der Waals surface area contributed by atoms with Gasteiger partial charge in [0.2, 0.25) is 0 Å². The molecule has 0 bridgehead atoms. The van der Waals surface area contributed by atoms with Crippen LogP contribution in [0.4, 0.5) is 0 Å². The lowest BCUT2D eigenvalue weighted by Crippen LogP contribution is -2.43. The zero-order chi connectivity index (χ0) is 15.7. The number of amides is 1. The van der Waals surface area contributed by atoms with Gasteiger partial charge in [-0.15, -0.1) is 0 Å². The van der Waals surface area contributed by atoms with E-state index in [0.717, 1.165) is 6.42 Å². The van der Waals surface area contributed by atoms with E-state index in [2.05, 4.69) is 11.9 Å². The molecule has 0 spiro atoms. The summed E-state index contributed by atoms with van der Waals surface area (Å²) >= 11 is 0. The highest BCUT2D eigenvalue weighted by molar-refractivity contribution is 5.97. The molecule has 1 aromatic heterocycles. The zero-order valence-electron chi connectivity index (χ0n) is 12.4. The summed E-state index contributed by atoms with van der Waals surface area (Å²) in [6.45, 7) is 3.41. The topological polar surface area (TPSA) is 78.6 Å². The van der Waals surface area contributed by atoms with Crippen molar-refractivity contribution in [1.82, 2.24) is 14.5 Å². The third-order valence-corrected chi connectivity index (χ3v) is 4.33. The van der Waals surface area contributed by atoms with Gasteiger partial charge in [0.1, 0.15) is 11.5 Å². The Balaban J connectivity index is 1.81. The minimum Gasteiger partial charge on any atom is -0.508 e. The number of aromatic nitrogens is 2. The molecule has 1 amide bonds.